The number of carbonyl (C=O) groups is 1. The van der Waals surface area contributed by atoms with Crippen LogP contribution in [0.25, 0.3) is 0 Å². The molecule has 0 aromatic rings. The second-order valence-corrected chi connectivity index (χ2v) is 8.81. The zero-order valence-electron chi connectivity index (χ0n) is 20.5. The van der Waals surface area contributed by atoms with Gasteiger partial charge >= 0.3 is 0 Å². The molecule has 0 spiro atoms. The Kier molecular flexibility index (Phi) is 17.1. The highest BCUT2D eigenvalue weighted by molar-refractivity contribution is 5.75. The summed E-state index contributed by atoms with van der Waals surface area (Å²) < 4.78 is 0. The van der Waals surface area contributed by atoms with E-state index in [1.54, 1.807) is 6.92 Å². The Bertz CT molecular complexity index is 642. The predicted octanol–water partition coefficient (Wildman–Crippen LogP) is 8.20. The van der Waals surface area contributed by atoms with Crippen LogP contribution in [0.4, 0.5) is 0 Å². The van der Waals surface area contributed by atoms with E-state index in [-0.39, 0.29) is 12.4 Å². The van der Waals surface area contributed by atoms with E-state index in [0.29, 0.717) is 6.42 Å². The van der Waals surface area contributed by atoms with Crippen molar-refractivity contribution in [1.29, 1.82) is 0 Å². The molecule has 0 fully saturated rings. The summed E-state index contributed by atoms with van der Waals surface area (Å²) in [5.41, 5.74) is 6.83. The van der Waals surface area contributed by atoms with Gasteiger partial charge in [-0.05, 0) is 99.3 Å². The van der Waals surface area contributed by atoms with Gasteiger partial charge in [0.05, 0.1) is 6.61 Å². The second-order valence-electron chi connectivity index (χ2n) is 8.81. The van der Waals surface area contributed by atoms with Crippen molar-refractivity contribution in [3.8, 4) is 0 Å². The van der Waals surface area contributed by atoms with Crippen molar-refractivity contribution >= 4 is 5.78 Å². The van der Waals surface area contributed by atoms with Gasteiger partial charge in [0, 0.05) is 6.42 Å². The predicted molar refractivity (Wildman–Crippen MR) is 133 cm³/mol. The molecular weight excluding hydrogens is 368 g/mol. The minimum absolute atomic E-state index is 0.167. The minimum Gasteiger partial charge on any atom is -0.392 e. The van der Waals surface area contributed by atoms with E-state index in [4.69, 9.17) is 5.11 Å². The van der Waals surface area contributed by atoms with E-state index in [2.05, 4.69) is 58.1 Å². The van der Waals surface area contributed by atoms with E-state index in [1.165, 1.54) is 22.3 Å². The molecule has 0 heterocycles. The summed E-state index contributed by atoms with van der Waals surface area (Å²) in [6.07, 6.45) is 21.8. The first-order chi connectivity index (χ1) is 14.2. The lowest BCUT2D eigenvalue weighted by atomic mass is 10.0. The Morgan fingerprint density at radius 3 is 1.03 bits per heavy atom. The molecule has 0 aromatic heterocycles. The van der Waals surface area contributed by atoms with Gasteiger partial charge in [-0.2, -0.15) is 0 Å². The maximum absolute atomic E-state index is 11.0. The van der Waals surface area contributed by atoms with Gasteiger partial charge in [0.2, 0.25) is 0 Å². The smallest absolute Gasteiger partial charge is 0.130 e. The number of rotatable bonds is 16. The largest absolute Gasteiger partial charge is 0.392 e. The zero-order valence-corrected chi connectivity index (χ0v) is 20.5. The fourth-order valence-corrected chi connectivity index (χ4v) is 3.18. The molecule has 0 atom stereocenters. The standard InChI is InChI=1S/C28H46O2/c1-23(14-8-16-25(3)18-10-20-27(5)22-29)12-7-13-24(2)15-9-17-26(4)19-11-21-28(6)30/h12,15-16,19-20,29H,7-11,13-14,17-18,21-22H2,1-6H3/b23-12+,24-15+,25-16+,26-19+,27-20+. The van der Waals surface area contributed by atoms with Crippen LogP contribution in [0.15, 0.2) is 58.2 Å². The van der Waals surface area contributed by atoms with E-state index in [0.717, 1.165) is 63.4 Å². The minimum atomic E-state index is 0.167. The molecule has 0 bridgehead atoms. The number of hydrogen-bond donors (Lipinski definition) is 1. The highest BCUT2D eigenvalue weighted by Crippen LogP contribution is 2.15. The Morgan fingerprint density at radius 2 is 0.767 bits per heavy atom. The van der Waals surface area contributed by atoms with Crippen LogP contribution in [0.5, 0.6) is 0 Å². The normalized spacial score (nSPS) is 14.4. The lowest BCUT2D eigenvalue weighted by molar-refractivity contribution is -0.116. The molecule has 0 amide bonds. The molecule has 0 unspecified atom stereocenters. The maximum atomic E-state index is 11.0. The van der Waals surface area contributed by atoms with Gasteiger partial charge in [-0.3, -0.25) is 0 Å². The van der Waals surface area contributed by atoms with Crippen LogP contribution in [0.1, 0.15) is 106 Å². The molecule has 0 radical (unpaired) electrons. The maximum Gasteiger partial charge on any atom is 0.130 e. The molecule has 0 aliphatic heterocycles. The van der Waals surface area contributed by atoms with Crippen LogP contribution in [0, 0.1) is 0 Å². The van der Waals surface area contributed by atoms with E-state index < -0.39 is 0 Å². The summed E-state index contributed by atoms with van der Waals surface area (Å²) >= 11 is 0. The fourth-order valence-electron chi connectivity index (χ4n) is 3.18. The monoisotopic (exact) mass is 414 g/mol. The van der Waals surface area contributed by atoms with E-state index in [1.807, 2.05) is 6.92 Å². The molecular formula is C28H46O2. The van der Waals surface area contributed by atoms with Gasteiger partial charge in [0.25, 0.3) is 0 Å². The highest BCUT2D eigenvalue weighted by atomic mass is 16.3. The first-order valence-electron chi connectivity index (χ1n) is 11.6. The SMILES string of the molecule is CC(=O)CC/C=C(\C)CC/C=C(\C)CC/C=C(\C)CC/C=C(\C)CC/C=C(\C)CO. The lowest BCUT2D eigenvalue weighted by Crippen LogP contribution is -1.87. The summed E-state index contributed by atoms with van der Waals surface area (Å²) in [6.45, 7) is 12.6. The van der Waals surface area contributed by atoms with Crippen molar-refractivity contribution in [2.75, 3.05) is 6.61 Å². The van der Waals surface area contributed by atoms with E-state index >= 15 is 0 Å². The Labute approximate surface area is 186 Å². The third-order valence-corrected chi connectivity index (χ3v) is 5.36. The molecule has 2 nitrogen and oxygen atoms in total. The first-order valence-corrected chi connectivity index (χ1v) is 11.6. The number of Topliss-reactive ketones (excluding diaryl/α,β-unsaturated/α-hetero) is 1. The second kappa shape index (κ2) is 18.1. The molecule has 1 N–H and O–H groups in total. The number of hydrogen-bond acceptors (Lipinski definition) is 2. The quantitative estimate of drug-likeness (QED) is 0.258. The van der Waals surface area contributed by atoms with Crippen LogP contribution in [-0.2, 0) is 4.79 Å². The average molecular weight is 415 g/mol. The average Bonchev–Trinajstić information content (AvgIpc) is 2.67. The molecule has 0 rings (SSSR count). The van der Waals surface area contributed by atoms with Crippen LogP contribution in [-0.4, -0.2) is 17.5 Å². The molecule has 0 aliphatic carbocycles. The number of aliphatic hydroxyl groups is 1. The van der Waals surface area contributed by atoms with Gasteiger partial charge in [0.1, 0.15) is 5.78 Å². The summed E-state index contributed by atoms with van der Waals surface area (Å²) in [6, 6.07) is 0. The van der Waals surface area contributed by atoms with Gasteiger partial charge in [0.15, 0.2) is 0 Å². The van der Waals surface area contributed by atoms with Crippen LogP contribution in [0.2, 0.25) is 0 Å². The number of carbonyl (C=O) groups excluding carboxylic acids is 1. The van der Waals surface area contributed by atoms with E-state index in [9.17, 15) is 4.79 Å². The first kappa shape index (κ1) is 28.3. The topological polar surface area (TPSA) is 37.3 Å². The molecule has 0 aromatic carbocycles. The van der Waals surface area contributed by atoms with Crippen LogP contribution < -0.4 is 0 Å². The summed E-state index contributed by atoms with van der Waals surface area (Å²) in [5.74, 6) is 0.269. The summed E-state index contributed by atoms with van der Waals surface area (Å²) in [5, 5.41) is 9.01. The van der Waals surface area contributed by atoms with Crippen molar-refractivity contribution in [2.45, 2.75) is 106 Å². The number of aliphatic hydroxyl groups excluding tert-OH is 1. The van der Waals surface area contributed by atoms with Crippen molar-refractivity contribution in [3.05, 3.63) is 58.2 Å². The van der Waals surface area contributed by atoms with Gasteiger partial charge in [-0.25, -0.2) is 0 Å². The third-order valence-electron chi connectivity index (χ3n) is 5.36. The van der Waals surface area contributed by atoms with Gasteiger partial charge in [-0.1, -0.05) is 58.2 Å². The molecule has 2 heteroatoms. The Balaban J connectivity index is 4.07. The molecule has 0 saturated heterocycles. The molecule has 0 saturated carbocycles. The number of ketones is 1. The van der Waals surface area contributed by atoms with Crippen molar-refractivity contribution in [1.82, 2.24) is 0 Å². The Morgan fingerprint density at radius 1 is 0.500 bits per heavy atom. The fraction of sp³-hybridized carbons (Fsp3) is 0.607. The molecule has 170 valence electrons. The third kappa shape index (κ3) is 18.4. The summed E-state index contributed by atoms with van der Waals surface area (Å²) in [7, 11) is 0. The van der Waals surface area contributed by atoms with Gasteiger partial charge in [-0.15, -0.1) is 0 Å². The number of allylic oxidation sites excluding steroid dienone is 9. The van der Waals surface area contributed by atoms with Crippen molar-refractivity contribution in [2.24, 2.45) is 0 Å². The van der Waals surface area contributed by atoms with Crippen LogP contribution in [0.3, 0.4) is 0 Å². The lowest BCUT2D eigenvalue weighted by Gasteiger charge is -2.03. The molecule has 30 heavy (non-hydrogen) atoms. The van der Waals surface area contributed by atoms with Crippen LogP contribution >= 0.6 is 0 Å². The Hall–Kier alpha value is -1.67. The summed E-state index contributed by atoms with van der Waals surface area (Å²) in [4.78, 5) is 11.0. The zero-order chi connectivity index (χ0) is 22.8. The van der Waals surface area contributed by atoms with Gasteiger partial charge < -0.3 is 9.90 Å². The molecule has 0 aliphatic rings. The highest BCUT2D eigenvalue weighted by Gasteiger charge is 1.95. The van der Waals surface area contributed by atoms with Crippen molar-refractivity contribution < 1.29 is 9.90 Å². The van der Waals surface area contributed by atoms with Crippen molar-refractivity contribution in [3.63, 3.8) is 0 Å².